The second-order valence-corrected chi connectivity index (χ2v) is 6.31. The number of aryl methyl sites for hydroxylation is 1. The Morgan fingerprint density at radius 3 is 2.45 bits per heavy atom. The number of hydrogen-bond donors (Lipinski definition) is 1. The lowest BCUT2D eigenvalue weighted by molar-refractivity contribution is -0.0475. The molecule has 1 aromatic heterocycles. The second-order valence-electron chi connectivity index (χ2n) is 5.36. The summed E-state index contributed by atoms with van der Waals surface area (Å²) in [6.07, 6.45) is 2.36. The van der Waals surface area contributed by atoms with Gasteiger partial charge in [0, 0.05) is 17.7 Å². The van der Waals surface area contributed by atoms with Crippen molar-refractivity contribution in [2.75, 3.05) is 0 Å². The number of thiophene rings is 1. The van der Waals surface area contributed by atoms with E-state index in [1.165, 1.54) is 0 Å². The molecule has 116 valence electrons. The van der Waals surface area contributed by atoms with E-state index in [1.807, 2.05) is 32.2 Å². The van der Waals surface area contributed by atoms with Crippen LogP contribution in [-0.2, 0) is 0 Å². The van der Waals surface area contributed by atoms with Crippen LogP contribution in [0.15, 0.2) is 11.4 Å². The number of halogens is 2. The van der Waals surface area contributed by atoms with Crippen molar-refractivity contribution < 1.29 is 13.9 Å². The standard InChI is InChI=1S/C14H20F2OS.C2H6/c1-10-6-9-18-13(10)12(17)3-2-11-4-7-14(15,16)8-5-11;1-2/h6,9,11-12,17H,2-5,7-8H2,1H3;1-2H3. The number of hydrogen-bond acceptors (Lipinski definition) is 2. The molecule has 1 atom stereocenters. The molecule has 0 bridgehead atoms. The van der Waals surface area contributed by atoms with Gasteiger partial charge in [-0.1, -0.05) is 13.8 Å². The maximum atomic E-state index is 13.0. The Kier molecular flexibility index (Phi) is 7.10. The summed E-state index contributed by atoms with van der Waals surface area (Å²) in [4.78, 5) is 1.02. The molecule has 0 amide bonds. The minimum absolute atomic E-state index is 0.0196. The largest absolute Gasteiger partial charge is 0.388 e. The van der Waals surface area contributed by atoms with Crippen molar-refractivity contribution >= 4 is 11.3 Å². The first kappa shape index (κ1) is 17.6. The Morgan fingerprint density at radius 1 is 1.35 bits per heavy atom. The van der Waals surface area contributed by atoms with Gasteiger partial charge in [0.1, 0.15) is 0 Å². The lowest BCUT2D eigenvalue weighted by Crippen LogP contribution is -2.24. The van der Waals surface area contributed by atoms with Crippen LogP contribution in [0, 0.1) is 12.8 Å². The molecule has 1 aromatic rings. The van der Waals surface area contributed by atoms with Gasteiger partial charge < -0.3 is 5.11 Å². The smallest absolute Gasteiger partial charge is 0.248 e. The molecule has 4 heteroatoms. The minimum Gasteiger partial charge on any atom is -0.388 e. The fourth-order valence-electron chi connectivity index (χ4n) is 2.64. The Morgan fingerprint density at radius 2 is 1.95 bits per heavy atom. The molecule has 0 aromatic carbocycles. The van der Waals surface area contributed by atoms with Gasteiger partial charge in [0.05, 0.1) is 6.10 Å². The molecule has 1 aliphatic rings. The summed E-state index contributed by atoms with van der Waals surface area (Å²) in [5.41, 5.74) is 1.13. The summed E-state index contributed by atoms with van der Waals surface area (Å²) in [6.45, 7) is 6.00. The van der Waals surface area contributed by atoms with E-state index in [-0.39, 0.29) is 12.8 Å². The Bertz CT molecular complexity index is 380. The van der Waals surface area contributed by atoms with Crippen LogP contribution >= 0.6 is 11.3 Å². The average molecular weight is 304 g/mol. The molecular weight excluding hydrogens is 278 g/mol. The summed E-state index contributed by atoms with van der Waals surface area (Å²) in [5.74, 6) is -2.08. The summed E-state index contributed by atoms with van der Waals surface area (Å²) in [7, 11) is 0. The van der Waals surface area contributed by atoms with Gasteiger partial charge in [0.15, 0.2) is 0 Å². The number of rotatable bonds is 4. The van der Waals surface area contributed by atoms with Crippen LogP contribution in [0.5, 0.6) is 0 Å². The zero-order valence-corrected chi connectivity index (χ0v) is 13.5. The maximum absolute atomic E-state index is 13.0. The fraction of sp³-hybridized carbons (Fsp3) is 0.750. The molecule has 20 heavy (non-hydrogen) atoms. The third-order valence-corrected chi connectivity index (χ3v) is 5.01. The van der Waals surface area contributed by atoms with Crippen molar-refractivity contribution in [2.45, 2.75) is 71.3 Å². The van der Waals surface area contributed by atoms with E-state index >= 15 is 0 Å². The van der Waals surface area contributed by atoms with Crippen LogP contribution in [0.4, 0.5) is 8.78 Å². The van der Waals surface area contributed by atoms with E-state index in [9.17, 15) is 13.9 Å². The first-order valence-corrected chi connectivity index (χ1v) is 8.46. The molecule has 0 saturated heterocycles. The molecule has 1 heterocycles. The Balaban J connectivity index is 0.000000956. The van der Waals surface area contributed by atoms with Gasteiger partial charge in [0.2, 0.25) is 5.92 Å². The van der Waals surface area contributed by atoms with E-state index in [0.29, 0.717) is 25.2 Å². The molecule has 1 unspecified atom stereocenters. The summed E-state index contributed by atoms with van der Waals surface area (Å²) in [5, 5.41) is 12.1. The highest BCUT2D eigenvalue weighted by Crippen LogP contribution is 2.39. The van der Waals surface area contributed by atoms with Crippen LogP contribution in [0.25, 0.3) is 0 Å². The molecule has 1 saturated carbocycles. The quantitative estimate of drug-likeness (QED) is 0.754. The predicted octanol–water partition coefficient (Wildman–Crippen LogP) is 5.72. The van der Waals surface area contributed by atoms with E-state index in [1.54, 1.807) is 11.3 Å². The highest BCUT2D eigenvalue weighted by atomic mass is 32.1. The third kappa shape index (κ3) is 5.13. The van der Waals surface area contributed by atoms with Crippen LogP contribution in [0.3, 0.4) is 0 Å². The molecule has 1 aliphatic carbocycles. The van der Waals surface area contributed by atoms with Crippen molar-refractivity contribution in [1.82, 2.24) is 0 Å². The lowest BCUT2D eigenvalue weighted by Gasteiger charge is -2.28. The number of aliphatic hydroxyl groups is 1. The van der Waals surface area contributed by atoms with Crippen LogP contribution in [0.1, 0.15) is 68.9 Å². The zero-order chi connectivity index (χ0) is 15.2. The molecule has 0 spiro atoms. The molecule has 1 fully saturated rings. The summed E-state index contributed by atoms with van der Waals surface area (Å²) < 4.78 is 26.0. The molecule has 0 aliphatic heterocycles. The highest BCUT2D eigenvalue weighted by Gasteiger charge is 2.34. The zero-order valence-electron chi connectivity index (χ0n) is 12.7. The van der Waals surface area contributed by atoms with Gasteiger partial charge in [-0.15, -0.1) is 11.3 Å². The maximum Gasteiger partial charge on any atom is 0.248 e. The van der Waals surface area contributed by atoms with Gasteiger partial charge >= 0.3 is 0 Å². The fourth-order valence-corrected chi connectivity index (χ4v) is 3.59. The van der Waals surface area contributed by atoms with Crippen molar-refractivity contribution in [1.29, 1.82) is 0 Å². The summed E-state index contributed by atoms with van der Waals surface area (Å²) in [6, 6.07) is 2.00. The van der Waals surface area contributed by atoms with Crippen molar-refractivity contribution in [3.8, 4) is 0 Å². The predicted molar refractivity (Wildman–Crippen MR) is 81.5 cm³/mol. The van der Waals surface area contributed by atoms with Crippen LogP contribution in [0.2, 0.25) is 0 Å². The van der Waals surface area contributed by atoms with Crippen LogP contribution < -0.4 is 0 Å². The Hall–Kier alpha value is -0.480. The minimum atomic E-state index is -2.44. The van der Waals surface area contributed by atoms with Gasteiger partial charge in [-0.3, -0.25) is 0 Å². The first-order valence-electron chi connectivity index (χ1n) is 7.58. The molecular formula is C16H26F2OS. The summed E-state index contributed by atoms with van der Waals surface area (Å²) >= 11 is 1.57. The molecule has 2 rings (SSSR count). The van der Waals surface area contributed by atoms with Gasteiger partial charge in [0.25, 0.3) is 0 Å². The van der Waals surface area contributed by atoms with Crippen molar-refractivity contribution in [3.05, 3.63) is 21.9 Å². The highest BCUT2D eigenvalue weighted by molar-refractivity contribution is 7.10. The topological polar surface area (TPSA) is 20.2 Å². The lowest BCUT2D eigenvalue weighted by atomic mass is 9.83. The second kappa shape index (κ2) is 8.08. The number of aliphatic hydroxyl groups excluding tert-OH is 1. The Labute approximate surface area is 125 Å². The van der Waals surface area contributed by atoms with E-state index in [4.69, 9.17) is 0 Å². The monoisotopic (exact) mass is 304 g/mol. The third-order valence-electron chi connectivity index (χ3n) is 3.89. The average Bonchev–Trinajstić information content (AvgIpc) is 2.86. The van der Waals surface area contributed by atoms with Crippen molar-refractivity contribution in [3.63, 3.8) is 0 Å². The van der Waals surface area contributed by atoms with E-state index in [0.717, 1.165) is 16.9 Å². The normalized spacial score (nSPS) is 20.1. The van der Waals surface area contributed by atoms with E-state index in [2.05, 4.69) is 0 Å². The first-order chi connectivity index (χ1) is 9.48. The molecule has 1 nitrogen and oxygen atoms in total. The van der Waals surface area contributed by atoms with Gasteiger partial charge in [-0.05, 0) is 55.5 Å². The molecule has 0 radical (unpaired) electrons. The SMILES string of the molecule is CC.Cc1ccsc1C(O)CCC1CCC(F)(F)CC1. The number of alkyl halides is 2. The van der Waals surface area contributed by atoms with Gasteiger partial charge in [-0.25, -0.2) is 8.78 Å². The van der Waals surface area contributed by atoms with Crippen LogP contribution in [-0.4, -0.2) is 11.0 Å². The van der Waals surface area contributed by atoms with Gasteiger partial charge in [-0.2, -0.15) is 0 Å². The van der Waals surface area contributed by atoms with Crippen molar-refractivity contribution in [2.24, 2.45) is 5.92 Å². The molecule has 1 N–H and O–H groups in total. The van der Waals surface area contributed by atoms with E-state index < -0.39 is 12.0 Å².